The van der Waals surface area contributed by atoms with E-state index < -0.39 is 0 Å². The molecule has 2 aromatic heterocycles. The number of piperidine rings is 1. The van der Waals surface area contributed by atoms with E-state index in [9.17, 15) is 4.79 Å². The maximum Gasteiger partial charge on any atom is 0.222 e. The van der Waals surface area contributed by atoms with Gasteiger partial charge in [-0.05, 0) is 55.5 Å². The highest BCUT2D eigenvalue weighted by Crippen LogP contribution is 2.26. The lowest BCUT2D eigenvalue weighted by molar-refractivity contribution is -0.120. The summed E-state index contributed by atoms with van der Waals surface area (Å²) in [5.74, 6) is 2.49. The van der Waals surface area contributed by atoms with Crippen molar-refractivity contribution < 1.29 is 9.53 Å². The Morgan fingerprint density at radius 2 is 1.80 bits per heavy atom. The number of carbonyl (C=O) groups is 1. The molecule has 0 spiro atoms. The Morgan fingerprint density at radius 1 is 0.971 bits per heavy atom. The van der Waals surface area contributed by atoms with Crippen LogP contribution in [0.5, 0.6) is 5.75 Å². The highest BCUT2D eigenvalue weighted by Gasteiger charge is 2.22. The normalized spacial score (nSPS) is 20.6. The third-order valence-electron chi connectivity index (χ3n) is 6.25. The average Bonchev–Trinajstić information content (AvgIpc) is 2.85. The highest BCUT2D eigenvalue weighted by atomic mass is 35.5. The molecule has 35 heavy (non-hydrogen) atoms. The molecule has 0 amide bonds. The van der Waals surface area contributed by atoms with E-state index in [-0.39, 0.29) is 18.5 Å². The molecule has 8 rings (SSSR count). The lowest BCUT2D eigenvalue weighted by Gasteiger charge is -2.31. The van der Waals surface area contributed by atoms with Crippen molar-refractivity contribution in [2.24, 2.45) is 0 Å². The molecule has 3 aromatic rings. The van der Waals surface area contributed by atoms with Crippen molar-refractivity contribution in [2.45, 2.75) is 38.2 Å². The average molecular weight is 495 g/mol. The second-order valence-corrected chi connectivity index (χ2v) is 8.89. The van der Waals surface area contributed by atoms with E-state index in [1.807, 2.05) is 48.8 Å². The quantitative estimate of drug-likeness (QED) is 0.464. The summed E-state index contributed by atoms with van der Waals surface area (Å²) < 4.78 is 6.27. The van der Waals surface area contributed by atoms with E-state index in [0.717, 1.165) is 73.7 Å². The van der Waals surface area contributed by atoms with Crippen LogP contribution in [0.2, 0.25) is 0 Å². The fraction of sp³-hybridized carbons (Fsp3) is 0.385. The fourth-order valence-electron chi connectivity index (χ4n) is 4.40. The second-order valence-electron chi connectivity index (χ2n) is 8.89. The first kappa shape index (κ1) is 24.9. The molecule has 0 unspecified atom stereocenters. The highest BCUT2D eigenvalue weighted by molar-refractivity contribution is 5.85. The number of anilines is 3. The first-order valence-corrected chi connectivity index (χ1v) is 12.0. The molecule has 0 aliphatic carbocycles. The molecule has 1 fully saturated rings. The van der Waals surface area contributed by atoms with Crippen LogP contribution in [0, 0.1) is 0 Å². The number of nitrogens with one attached hydrogen (secondary N) is 2. The van der Waals surface area contributed by atoms with Crippen LogP contribution in [0.1, 0.15) is 32.1 Å². The number of ether oxygens (including phenoxy) is 1. The van der Waals surface area contributed by atoms with Crippen molar-refractivity contribution in [1.82, 2.24) is 19.9 Å². The maximum atomic E-state index is 12.4. The van der Waals surface area contributed by atoms with E-state index in [1.54, 1.807) is 6.20 Å². The number of pyridine rings is 1. The van der Waals surface area contributed by atoms with Crippen LogP contribution in [-0.2, 0) is 4.79 Å². The fourth-order valence-corrected chi connectivity index (χ4v) is 4.40. The van der Waals surface area contributed by atoms with Gasteiger partial charge >= 0.3 is 0 Å². The van der Waals surface area contributed by atoms with Crippen molar-refractivity contribution in [3.8, 4) is 16.9 Å². The molecule has 0 saturated carbocycles. The van der Waals surface area contributed by atoms with Gasteiger partial charge in [-0.15, -0.1) is 12.4 Å². The minimum absolute atomic E-state index is 0. The van der Waals surface area contributed by atoms with Gasteiger partial charge in [0, 0.05) is 62.0 Å². The summed E-state index contributed by atoms with van der Waals surface area (Å²) in [6.45, 7) is 3.06. The molecule has 5 aliphatic rings. The molecule has 8 bridgehead atoms. The number of rotatable bonds is 0. The Labute approximate surface area is 211 Å². The molecule has 1 saturated heterocycles. The van der Waals surface area contributed by atoms with Gasteiger partial charge < -0.3 is 15.4 Å². The van der Waals surface area contributed by atoms with Gasteiger partial charge in [0.05, 0.1) is 6.54 Å². The zero-order valence-electron chi connectivity index (χ0n) is 19.7. The standard InChI is InChI=1S/C26H30N6O2.ClH/c33-22-5-1-2-10-28-26-29-16-20(17-30-26)19-7-11-27-25(14-19)31-21-4-3-6-24(15-21)34-23-8-12-32(18-22)13-9-23;/h3-4,6-7,11,14-17,23H,1-2,5,8-10,12-13,18H2,(H,27,31)(H,28,29,30);1H. The number of halogens is 1. The minimum Gasteiger partial charge on any atom is -0.490 e. The summed E-state index contributed by atoms with van der Waals surface area (Å²) in [5.41, 5.74) is 2.82. The SMILES string of the molecule is Cl.O=C1CCCCNc2ncc(cn2)-c2ccnc(c2)Nc2cccc(c2)OC2CCN(CC2)C1. The molecule has 1 aromatic carbocycles. The largest absolute Gasteiger partial charge is 0.490 e. The first-order chi connectivity index (χ1) is 16.7. The number of hydrogen-bond acceptors (Lipinski definition) is 8. The Kier molecular flexibility index (Phi) is 8.50. The summed E-state index contributed by atoms with van der Waals surface area (Å²) in [7, 11) is 0. The molecule has 184 valence electrons. The van der Waals surface area contributed by atoms with Crippen LogP contribution >= 0.6 is 12.4 Å². The molecular weight excluding hydrogens is 464 g/mol. The van der Waals surface area contributed by atoms with Crippen molar-refractivity contribution in [3.05, 3.63) is 55.0 Å². The summed E-state index contributed by atoms with van der Waals surface area (Å²) in [6.07, 6.45) is 9.81. The Bertz CT molecular complexity index is 1120. The molecule has 8 nitrogen and oxygen atoms in total. The predicted molar refractivity (Wildman–Crippen MR) is 140 cm³/mol. The van der Waals surface area contributed by atoms with E-state index in [1.165, 1.54) is 0 Å². The molecular formula is C26H31ClN6O2. The van der Waals surface area contributed by atoms with Gasteiger partial charge in [-0.2, -0.15) is 0 Å². The van der Waals surface area contributed by atoms with E-state index in [0.29, 0.717) is 24.7 Å². The molecule has 2 N–H and O–H groups in total. The van der Waals surface area contributed by atoms with Gasteiger partial charge in [-0.25, -0.2) is 15.0 Å². The maximum absolute atomic E-state index is 12.4. The van der Waals surface area contributed by atoms with Gasteiger partial charge in [-0.3, -0.25) is 9.69 Å². The molecule has 7 heterocycles. The summed E-state index contributed by atoms with van der Waals surface area (Å²) >= 11 is 0. The number of Topliss-reactive ketones (excluding diaryl/α,β-unsaturated/α-hetero) is 1. The zero-order valence-corrected chi connectivity index (χ0v) is 20.5. The second kappa shape index (κ2) is 12.0. The van der Waals surface area contributed by atoms with E-state index >= 15 is 0 Å². The van der Waals surface area contributed by atoms with Gasteiger partial charge in [0.15, 0.2) is 0 Å². The Balaban J connectivity index is 0.00000289. The lowest BCUT2D eigenvalue weighted by atomic mass is 10.1. The van der Waals surface area contributed by atoms with E-state index in [2.05, 4.69) is 30.5 Å². The topological polar surface area (TPSA) is 92.3 Å². The number of carbonyl (C=O) groups excluding carboxylic acids is 1. The first-order valence-electron chi connectivity index (χ1n) is 12.0. The van der Waals surface area contributed by atoms with Crippen LogP contribution in [0.25, 0.3) is 11.1 Å². The van der Waals surface area contributed by atoms with Gasteiger partial charge in [0.2, 0.25) is 5.95 Å². The van der Waals surface area contributed by atoms with Crippen molar-refractivity contribution in [2.75, 3.05) is 36.8 Å². The smallest absolute Gasteiger partial charge is 0.222 e. The number of hydrogen-bond donors (Lipinski definition) is 2. The summed E-state index contributed by atoms with van der Waals surface area (Å²) in [6, 6.07) is 11.9. The number of ketones is 1. The molecule has 5 aliphatic heterocycles. The van der Waals surface area contributed by atoms with Gasteiger partial charge in [-0.1, -0.05) is 6.07 Å². The molecule has 9 heteroatoms. The van der Waals surface area contributed by atoms with Gasteiger partial charge in [0.1, 0.15) is 23.5 Å². The van der Waals surface area contributed by atoms with Crippen LogP contribution in [0.15, 0.2) is 55.0 Å². The third-order valence-corrected chi connectivity index (χ3v) is 6.25. The van der Waals surface area contributed by atoms with E-state index in [4.69, 9.17) is 4.74 Å². The number of benzene rings is 1. The molecule has 0 radical (unpaired) electrons. The Hall–Kier alpha value is -3.23. The van der Waals surface area contributed by atoms with Crippen LogP contribution in [-0.4, -0.2) is 57.9 Å². The van der Waals surface area contributed by atoms with Crippen molar-refractivity contribution in [3.63, 3.8) is 0 Å². The number of nitrogens with zero attached hydrogens (tertiary/aromatic N) is 4. The zero-order chi connectivity index (χ0) is 23.2. The monoisotopic (exact) mass is 494 g/mol. The van der Waals surface area contributed by atoms with Crippen LogP contribution in [0.4, 0.5) is 17.5 Å². The van der Waals surface area contributed by atoms with Crippen LogP contribution < -0.4 is 15.4 Å². The minimum atomic E-state index is 0. The van der Waals surface area contributed by atoms with Crippen molar-refractivity contribution in [1.29, 1.82) is 0 Å². The number of aromatic nitrogens is 3. The van der Waals surface area contributed by atoms with Crippen molar-refractivity contribution >= 4 is 35.6 Å². The summed E-state index contributed by atoms with van der Waals surface area (Å²) in [5, 5.41) is 6.63. The van der Waals surface area contributed by atoms with Gasteiger partial charge in [0.25, 0.3) is 0 Å². The predicted octanol–water partition coefficient (Wildman–Crippen LogP) is 4.71. The third kappa shape index (κ3) is 6.90. The lowest BCUT2D eigenvalue weighted by Crippen LogP contribution is -2.40. The van der Waals surface area contributed by atoms with Crippen LogP contribution in [0.3, 0.4) is 0 Å². The molecule has 0 atom stereocenters. The summed E-state index contributed by atoms with van der Waals surface area (Å²) in [4.78, 5) is 28.0. The Morgan fingerprint density at radius 3 is 2.63 bits per heavy atom.